The molecule has 182 valence electrons. The molecule has 3 rings (SSSR count). The maximum atomic E-state index is 14.5. The second kappa shape index (κ2) is 10.5. The van der Waals surface area contributed by atoms with Gasteiger partial charge in [0.05, 0.1) is 23.8 Å². The Kier molecular flexibility index (Phi) is 7.71. The Morgan fingerprint density at radius 3 is 2.74 bits per heavy atom. The number of hydrogen-bond donors (Lipinski definition) is 5. The normalized spacial score (nSPS) is 18.9. The Labute approximate surface area is 190 Å². The molecule has 2 aromatic rings. The molecule has 9 nitrogen and oxygen atoms in total. The lowest BCUT2D eigenvalue weighted by Crippen LogP contribution is -2.49. The summed E-state index contributed by atoms with van der Waals surface area (Å²) in [5.74, 6) is -1.80. The van der Waals surface area contributed by atoms with E-state index in [9.17, 15) is 26.7 Å². The molecule has 6 N–H and O–H groups in total. The van der Waals surface area contributed by atoms with Gasteiger partial charge < -0.3 is 27.1 Å². The van der Waals surface area contributed by atoms with Gasteiger partial charge in [0, 0.05) is 49.1 Å². The summed E-state index contributed by atoms with van der Waals surface area (Å²) in [6, 6.07) is 0.650. The molecule has 0 radical (unpaired) electrons. The first kappa shape index (κ1) is 25.0. The van der Waals surface area contributed by atoms with Crippen molar-refractivity contribution in [3.05, 3.63) is 41.9 Å². The first-order valence-corrected chi connectivity index (χ1v) is 10.0. The van der Waals surface area contributed by atoms with Crippen LogP contribution in [0.3, 0.4) is 0 Å². The number of nitrogen functional groups attached to an aromatic ring is 1. The minimum atomic E-state index is -4.47. The van der Waals surface area contributed by atoms with Crippen molar-refractivity contribution in [2.75, 3.05) is 25.4 Å². The third kappa shape index (κ3) is 6.43. The molecule has 3 heterocycles. The molecule has 1 aliphatic rings. The predicted octanol–water partition coefficient (Wildman–Crippen LogP) is 1.83. The van der Waals surface area contributed by atoms with Crippen LogP contribution in [0.25, 0.3) is 16.8 Å². The lowest BCUT2D eigenvalue weighted by Gasteiger charge is -2.26. The van der Waals surface area contributed by atoms with Crippen molar-refractivity contribution in [1.29, 1.82) is 5.41 Å². The van der Waals surface area contributed by atoms with Gasteiger partial charge in [0.25, 0.3) is 5.91 Å². The first-order valence-electron chi connectivity index (χ1n) is 10.0. The number of amides is 1. The number of carbonyl (C=O) groups is 1. The molecule has 2 atom stereocenters. The van der Waals surface area contributed by atoms with Crippen molar-refractivity contribution >= 4 is 23.5 Å². The van der Waals surface area contributed by atoms with Crippen LogP contribution >= 0.6 is 0 Å². The minimum Gasteiger partial charge on any atom is -0.382 e. The monoisotopic (exact) mass is 484 g/mol. The van der Waals surface area contributed by atoms with Gasteiger partial charge in [0.15, 0.2) is 17.3 Å². The molecule has 1 aliphatic heterocycles. The lowest BCUT2D eigenvalue weighted by molar-refractivity contribution is -0.122. The molecular formula is C20H21F5N8O. The zero-order chi connectivity index (χ0) is 24.9. The average molecular weight is 484 g/mol. The van der Waals surface area contributed by atoms with Crippen LogP contribution in [0.1, 0.15) is 22.6 Å². The van der Waals surface area contributed by atoms with Gasteiger partial charge in [-0.1, -0.05) is 0 Å². The summed E-state index contributed by atoms with van der Waals surface area (Å²) < 4.78 is 65.2. The van der Waals surface area contributed by atoms with Crippen LogP contribution in [0.4, 0.5) is 27.8 Å². The van der Waals surface area contributed by atoms with Crippen molar-refractivity contribution in [1.82, 2.24) is 30.9 Å². The number of nitrogens with two attached hydrogens (primary N) is 1. The number of halogens is 5. The minimum absolute atomic E-state index is 0.0204. The van der Waals surface area contributed by atoms with Crippen molar-refractivity contribution < 1.29 is 26.7 Å². The Morgan fingerprint density at radius 1 is 1.29 bits per heavy atom. The zero-order valence-corrected chi connectivity index (χ0v) is 17.6. The Morgan fingerprint density at radius 2 is 2.06 bits per heavy atom. The average Bonchev–Trinajstić information content (AvgIpc) is 2.77. The van der Waals surface area contributed by atoms with E-state index in [4.69, 9.17) is 11.1 Å². The summed E-state index contributed by atoms with van der Waals surface area (Å²) in [5, 5.41) is 14.9. The molecule has 0 aliphatic carbocycles. The fourth-order valence-electron chi connectivity index (χ4n) is 3.21. The van der Waals surface area contributed by atoms with Crippen LogP contribution in [-0.4, -0.2) is 65.1 Å². The molecule has 0 aromatic carbocycles. The predicted molar refractivity (Wildman–Crippen MR) is 114 cm³/mol. The van der Waals surface area contributed by atoms with E-state index < -0.39 is 36.7 Å². The maximum absolute atomic E-state index is 14.5. The molecule has 1 fully saturated rings. The molecular weight excluding hydrogens is 463 g/mol. The summed E-state index contributed by atoms with van der Waals surface area (Å²) in [4.78, 5) is 24.4. The Hall–Kier alpha value is -3.68. The van der Waals surface area contributed by atoms with Crippen LogP contribution in [0.15, 0.2) is 24.7 Å². The number of anilines is 1. The van der Waals surface area contributed by atoms with Gasteiger partial charge in [0.2, 0.25) is 0 Å². The molecule has 2 unspecified atom stereocenters. The third-order valence-electron chi connectivity index (χ3n) is 4.79. The molecule has 34 heavy (non-hydrogen) atoms. The van der Waals surface area contributed by atoms with E-state index in [1.54, 1.807) is 0 Å². The number of hydrogen-bond acceptors (Lipinski definition) is 8. The van der Waals surface area contributed by atoms with Crippen LogP contribution in [-0.2, 0) is 0 Å². The SMILES string of the molecule is N=C/C(=C\NCC(F)(F)F)c1cc(-c2cnc(N)c(C(=O)NC3CNCC(F)C3)n2)c(F)cn1. The highest BCUT2D eigenvalue weighted by Gasteiger charge is 2.26. The van der Waals surface area contributed by atoms with Gasteiger partial charge in [0.1, 0.15) is 12.7 Å². The van der Waals surface area contributed by atoms with Gasteiger partial charge in [-0.25, -0.2) is 18.7 Å². The number of nitrogens with zero attached hydrogens (tertiary/aromatic N) is 3. The Bertz CT molecular complexity index is 1090. The third-order valence-corrected chi connectivity index (χ3v) is 4.79. The zero-order valence-electron chi connectivity index (χ0n) is 17.6. The number of aromatic nitrogens is 3. The number of alkyl halides is 4. The standard InChI is InChI=1S/C20H21F5N8O/c21-11-1-12(6-28-5-11)32-19(34)17-18(27)31-8-16(33-17)13-2-15(30-7-14(13)22)10(3-26)4-29-9-20(23,24)25/h2-4,7-8,11-12,26,28-29H,1,5-6,9H2,(H2,27,31)(H,32,34)/b10-4+,26-3?. The number of pyridine rings is 1. The van der Waals surface area contributed by atoms with E-state index in [0.29, 0.717) is 6.54 Å². The number of allylic oxidation sites excluding steroid dienone is 1. The number of carbonyl (C=O) groups excluding carboxylic acids is 1. The highest BCUT2D eigenvalue weighted by molar-refractivity contribution is 6.07. The molecule has 1 saturated heterocycles. The quantitative estimate of drug-likeness (QED) is 0.298. The fourth-order valence-corrected chi connectivity index (χ4v) is 3.21. The molecule has 2 aromatic heterocycles. The molecule has 0 bridgehead atoms. The van der Waals surface area contributed by atoms with Gasteiger partial charge in [-0.3, -0.25) is 9.78 Å². The summed E-state index contributed by atoms with van der Waals surface area (Å²) in [7, 11) is 0. The Balaban J connectivity index is 1.87. The molecule has 14 heteroatoms. The number of nitrogens with one attached hydrogen (secondary N) is 4. The summed E-state index contributed by atoms with van der Waals surface area (Å²) in [5.41, 5.74) is 5.11. The van der Waals surface area contributed by atoms with Crippen molar-refractivity contribution in [2.24, 2.45) is 0 Å². The van der Waals surface area contributed by atoms with Crippen molar-refractivity contribution in [3.8, 4) is 11.3 Å². The van der Waals surface area contributed by atoms with E-state index in [2.05, 4.69) is 25.6 Å². The second-order valence-corrected chi connectivity index (χ2v) is 7.44. The fraction of sp³-hybridized carbons (Fsp3) is 0.350. The smallest absolute Gasteiger partial charge is 0.382 e. The second-order valence-electron chi connectivity index (χ2n) is 7.44. The van der Waals surface area contributed by atoms with E-state index in [1.165, 1.54) is 0 Å². The van der Waals surface area contributed by atoms with Crippen LogP contribution in [0.2, 0.25) is 0 Å². The molecule has 1 amide bonds. The summed E-state index contributed by atoms with van der Waals surface area (Å²) in [6.07, 6.45) is -1.90. The summed E-state index contributed by atoms with van der Waals surface area (Å²) in [6.45, 7) is -0.798. The number of piperidine rings is 1. The van der Waals surface area contributed by atoms with Crippen LogP contribution in [0.5, 0.6) is 0 Å². The lowest BCUT2D eigenvalue weighted by atomic mass is 10.1. The molecule has 0 spiro atoms. The highest BCUT2D eigenvalue weighted by atomic mass is 19.4. The van der Waals surface area contributed by atoms with Crippen molar-refractivity contribution in [3.63, 3.8) is 0 Å². The largest absolute Gasteiger partial charge is 0.405 e. The van der Waals surface area contributed by atoms with Crippen LogP contribution < -0.4 is 21.7 Å². The van der Waals surface area contributed by atoms with Gasteiger partial charge in [-0.15, -0.1) is 0 Å². The summed E-state index contributed by atoms with van der Waals surface area (Å²) >= 11 is 0. The van der Waals surface area contributed by atoms with Gasteiger partial charge in [-0.05, 0) is 6.07 Å². The van der Waals surface area contributed by atoms with Gasteiger partial charge >= 0.3 is 6.18 Å². The highest BCUT2D eigenvalue weighted by Crippen LogP contribution is 2.24. The van der Waals surface area contributed by atoms with E-state index in [1.807, 2.05) is 5.32 Å². The maximum Gasteiger partial charge on any atom is 0.405 e. The van der Waals surface area contributed by atoms with Crippen LogP contribution in [0, 0.1) is 11.2 Å². The van der Waals surface area contributed by atoms with E-state index in [0.717, 1.165) is 30.9 Å². The first-order chi connectivity index (χ1) is 16.1. The van der Waals surface area contributed by atoms with E-state index >= 15 is 0 Å². The van der Waals surface area contributed by atoms with Crippen molar-refractivity contribution in [2.45, 2.75) is 24.8 Å². The van der Waals surface area contributed by atoms with E-state index in [-0.39, 0.29) is 47.0 Å². The number of rotatable bonds is 7. The van der Waals surface area contributed by atoms with Gasteiger partial charge in [-0.2, -0.15) is 13.2 Å². The molecule has 0 saturated carbocycles. The topological polar surface area (TPSA) is 142 Å².